The summed E-state index contributed by atoms with van der Waals surface area (Å²) in [6.45, 7) is 7.01. The van der Waals surface area contributed by atoms with E-state index in [0.29, 0.717) is 6.04 Å². The number of rotatable bonds is 6. The third kappa shape index (κ3) is 5.19. The summed E-state index contributed by atoms with van der Waals surface area (Å²) < 4.78 is 1.17. The predicted octanol–water partition coefficient (Wildman–Crippen LogP) is 4.37. The van der Waals surface area contributed by atoms with E-state index in [1.807, 2.05) is 0 Å². The zero-order valence-corrected chi connectivity index (χ0v) is 14.2. The van der Waals surface area contributed by atoms with Crippen LogP contribution in [0.4, 0.5) is 0 Å². The molecule has 0 amide bonds. The van der Waals surface area contributed by atoms with Gasteiger partial charge in [0.15, 0.2) is 0 Å². The molecule has 2 rings (SSSR count). The van der Waals surface area contributed by atoms with Crippen LogP contribution in [-0.4, -0.2) is 31.1 Å². The fraction of sp³-hybridized carbons (Fsp3) is 0.647. The van der Waals surface area contributed by atoms with Crippen molar-refractivity contribution in [2.45, 2.75) is 45.1 Å². The maximum absolute atomic E-state index is 3.63. The smallest absolute Gasteiger partial charge is 0.0332 e. The van der Waals surface area contributed by atoms with E-state index in [9.17, 15) is 0 Å². The van der Waals surface area contributed by atoms with Crippen molar-refractivity contribution in [3.63, 3.8) is 0 Å². The fourth-order valence-corrected chi connectivity index (χ4v) is 3.44. The molecule has 1 aromatic carbocycles. The molecule has 3 heteroatoms. The lowest BCUT2D eigenvalue weighted by Crippen LogP contribution is -2.30. The number of hydrogen-bond acceptors (Lipinski definition) is 2. The highest BCUT2D eigenvalue weighted by molar-refractivity contribution is 9.10. The average molecular weight is 339 g/mol. The zero-order chi connectivity index (χ0) is 14.2. The van der Waals surface area contributed by atoms with Crippen LogP contribution >= 0.6 is 15.9 Å². The van der Waals surface area contributed by atoms with Crippen LogP contribution in [0.2, 0.25) is 0 Å². The van der Waals surface area contributed by atoms with Crippen LogP contribution in [0.1, 0.15) is 50.6 Å². The molecule has 1 aromatic rings. The molecule has 1 aliphatic heterocycles. The van der Waals surface area contributed by atoms with E-state index in [1.54, 1.807) is 0 Å². The van der Waals surface area contributed by atoms with Gasteiger partial charge in [-0.15, -0.1) is 0 Å². The first-order valence-corrected chi connectivity index (χ1v) is 8.80. The number of hydrogen-bond donors (Lipinski definition) is 1. The first-order valence-electron chi connectivity index (χ1n) is 8.01. The molecule has 1 saturated heterocycles. The van der Waals surface area contributed by atoms with Crippen molar-refractivity contribution in [1.29, 1.82) is 0 Å². The number of nitrogens with one attached hydrogen (secondary N) is 1. The van der Waals surface area contributed by atoms with Crippen LogP contribution in [0, 0.1) is 0 Å². The maximum Gasteiger partial charge on any atom is 0.0332 e. The molecule has 1 aliphatic rings. The second kappa shape index (κ2) is 8.81. The normalized spacial score (nSPS) is 18.7. The average Bonchev–Trinajstić information content (AvgIpc) is 2.72. The van der Waals surface area contributed by atoms with Crippen LogP contribution < -0.4 is 5.32 Å². The molecule has 1 fully saturated rings. The van der Waals surface area contributed by atoms with Crippen molar-refractivity contribution >= 4 is 15.9 Å². The Kier molecular flexibility index (Phi) is 7.05. The minimum atomic E-state index is 0.473. The van der Waals surface area contributed by atoms with Crippen molar-refractivity contribution in [2.24, 2.45) is 0 Å². The molecule has 1 atom stereocenters. The van der Waals surface area contributed by atoms with E-state index < -0.39 is 0 Å². The van der Waals surface area contributed by atoms with Crippen molar-refractivity contribution in [3.8, 4) is 0 Å². The van der Waals surface area contributed by atoms with Gasteiger partial charge in [0.2, 0.25) is 0 Å². The molecule has 0 bridgehead atoms. The van der Waals surface area contributed by atoms with Gasteiger partial charge in [-0.3, -0.25) is 0 Å². The van der Waals surface area contributed by atoms with Crippen LogP contribution in [0.3, 0.4) is 0 Å². The molecule has 0 saturated carbocycles. The van der Waals surface area contributed by atoms with Crippen molar-refractivity contribution in [2.75, 3.05) is 26.2 Å². The molecule has 1 heterocycles. The molecule has 1 N–H and O–H groups in total. The predicted molar refractivity (Wildman–Crippen MR) is 90.1 cm³/mol. The highest BCUT2D eigenvalue weighted by atomic mass is 79.9. The van der Waals surface area contributed by atoms with E-state index in [4.69, 9.17) is 0 Å². The third-order valence-electron chi connectivity index (χ3n) is 4.13. The van der Waals surface area contributed by atoms with Crippen LogP contribution in [0.5, 0.6) is 0 Å². The minimum absolute atomic E-state index is 0.473. The highest BCUT2D eigenvalue weighted by Crippen LogP contribution is 2.22. The lowest BCUT2D eigenvalue weighted by Gasteiger charge is -2.24. The summed E-state index contributed by atoms with van der Waals surface area (Å²) in [6, 6.07) is 9.19. The monoisotopic (exact) mass is 338 g/mol. The van der Waals surface area contributed by atoms with Crippen molar-refractivity contribution in [3.05, 3.63) is 34.3 Å². The van der Waals surface area contributed by atoms with E-state index in [-0.39, 0.29) is 0 Å². The lowest BCUT2D eigenvalue weighted by atomic mass is 10.0. The summed E-state index contributed by atoms with van der Waals surface area (Å²) in [4.78, 5) is 2.65. The van der Waals surface area contributed by atoms with Gasteiger partial charge in [0.1, 0.15) is 0 Å². The summed E-state index contributed by atoms with van der Waals surface area (Å²) >= 11 is 3.58. The maximum atomic E-state index is 3.63. The van der Waals surface area contributed by atoms with Gasteiger partial charge < -0.3 is 10.2 Å². The molecule has 0 spiro atoms. The molecule has 0 aliphatic carbocycles. The van der Waals surface area contributed by atoms with Crippen molar-refractivity contribution < 1.29 is 0 Å². The van der Waals surface area contributed by atoms with Gasteiger partial charge in [0, 0.05) is 10.5 Å². The minimum Gasteiger partial charge on any atom is -0.310 e. The second-order valence-electron chi connectivity index (χ2n) is 5.71. The molecule has 2 nitrogen and oxygen atoms in total. The highest BCUT2D eigenvalue weighted by Gasteiger charge is 2.14. The molecule has 112 valence electrons. The Morgan fingerprint density at radius 1 is 1.20 bits per heavy atom. The van der Waals surface area contributed by atoms with Gasteiger partial charge in [0.05, 0.1) is 0 Å². The molecule has 0 aromatic heterocycles. The Bertz CT molecular complexity index is 386. The van der Waals surface area contributed by atoms with Gasteiger partial charge in [-0.05, 0) is 63.1 Å². The van der Waals surface area contributed by atoms with E-state index in [2.05, 4.69) is 57.3 Å². The SMILES string of the molecule is CCNC(CCN1CCCCCC1)c1cccc(Br)c1. The van der Waals surface area contributed by atoms with Gasteiger partial charge in [0.25, 0.3) is 0 Å². The topological polar surface area (TPSA) is 15.3 Å². The summed E-state index contributed by atoms with van der Waals surface area (Å²) in [7, 11) is 0. The number of halogens is 1. The first kappa shape index (κ1) is 16.0. The Morgan fingerprint density at radius 2 is 1.95 bits per heavy atom. The lowest BCUT2D eigenvalue weighted by molar-refractivity contribution is 0.266. The fourth-order valence-electron chi connectivity index (χ4n) is 3.03. The Labute approximate surface area is 132 Å². The van der Waals surface area contributed by atoms with E-state index >= 15 is 0 Å². The second-order valence-corrected chi connectivity index (χ2v) is 6.63. The largest absolute Gasteiger partial charge is 0.310 e. The Morgan fingerprint density at radius 3 is 2.60 bits per heavy atom. The number of likely N-dealkylation sites (tertiary alicyclic amines) is 1. The van der Waals surface area contributed by atoms with Crippen LogP contribution in [-0.2, 0) is 0 Å². The summed E-state index contributed by atoms with van der Waals surface area (Å²) in [6.07, 6.45) is 6.79. The van der Waals surface area contributed by atoms with Crippen LogP contribution in [0.25, 0.3) is 0 Å². The summed E-state index contributed by atoms with van der Waals surface area (Å²) in [5, 5.41) is 3.63. The van der Waals surface area contributed by atoms with Gasteiger partial charge in [-0.1, -0.05) is 47.8 Å². The quantitative estimate of drug-likeness (QED) is 0.828. The van der Waals surface area contributed by atoms with Gasteiger partial charge >= 0.3 is 0 Å². The Hall–Kier alpha value is -0.380. The number of nitrogens with zero attached hydrogens (tertiary/aromatic N) is 1. The van der Waals surface area contributed by atoms with Crippen LogP contribution in [0.15, 0.2) is 28.7 Å². The van der Waals surface area contributed by atoms with E-state index in [1.165, 1.54) is 61.8 Å². The van der Waals surface area contributed by atoms with Gasteiger partial charge in [-0.25, -0.2) is 0 Å². The van der Waals surface area contributed by atoms with E-state index in [0.717, 1.165) is 6.54 Å². The molecular formula is C17H27BrN2. The third-order valence-corrected chi connectivity index (χ3v) is 4.63. The summed E-state index contributed by atoms with van der Waals surface area (Å²) in [5.41, 5.74) is 1.40. The zero-order valence-electron chi connectivity index (χ0n) is 12.6. The molecule has 1 unspecified atom stereocenters. The first-order chi connectivity index (χ1) is 9.79. The van der Waals surface area contributed by atoms with Gasteiger partial charge in [-0.2, -0.15) is 0 Å². The molecule has 20 heavy (non-hydrogen) atoms. The standard InChI is InChI=1S/C17H27BrN2/c1-2-19-17(15-8-7-9-16(18)14-15)10-13-20-11-5-3-4-6-12-20/h7-9,14,17,19H,2-6,10-13H2,1H3. The van der Waals surface area contributed by atoms with Crippen molar-refractivity contribution in [1.82, 2.24) is 10.2 Å². The molecular weight excluding hydrogens is 312 g/mol. The summed E-state index contributed by atoms with van der Waals surface area (Å²) in [5.74, 6) is 0. The number of benzene rings is 1. The molecule has 0 radical (unpaired) electrons. The Balaban J connectivity index is 1.91.